The number of benzene rings is 1. The van der Waals surface area contributed by atoms with Crippen molar-refractivity contribution >= 4 is 15.9 Å². The van der Waals surface area contributed by atoms with Crippen LogP contribution < -0.4 is 5.32 Å². The fraction of sp³-hybridized carbons (Fsp3) is 0.375. The second kappa shape index (κ2) is 6.74. The average Bonchev–Trinajstić information content (AvgIpc) is 3.25. The number of aryl methyl sites for hydroxylation is 1. The summed E-state index contributed by atoms with van der Waals surface area (Å²) in [5.74, 6) is -0.211. The van der Waals surface area contributed by atoms with Gasteiger partial charge in [0.25, 0.3) is 5.91 Å². The first-order valence-corrected chi connectivity index (χ1v) is 9.27. The van der Waals surface area contributed by atoms with Gasteiger partial charge in [0.2, 0.25) is 10.0 Å². The molecular formula is C16H20N4O3S. The Kier molecular flexibility index (Phi) is 4.68. The van der Waals surface area contributed by atoms with Gasteiger partial charge in [0.15, 0.2) is 0 Å². The molecule has 1 fully saturated rings. The third kappa shape index (κ3) is 3.49. The lowest BCUT2D eigenvalue weighted by Gasteiger charge is -2.15. The minimum atomic E-state index is -3.39. The van der Waals surface area contributed by atoms with E-state index in [1.165, 1.54) is 10.5 Å². The van der Waals surface area contributed by atoms with E-state index in [1.807, 2.05) is 0 Å². The first-order valence-electron chi connectivity index (χ1n) is 7.83. The van der Waals surface area contributed by atoms with Crippen LogP contribution in [0, 0.1) is 0 Å². The van der Waals surface area contributed by atoms with Crippen molar-refractivity contribution < 1.29 is 13.2 Å². The van der Waals surface area contributed by atoms with Gasteiger partial charge in [-0.3, -0.25) is 9.48 Å². The third-order valence-electron chi connectivity index (χ3n) is 4.05. The second-order valence-electron chi connectivity index (χ2n) is 5.84. The van der Waals surface area contributed by atoms with E-state index in [4.69, 9.17) is 0 Å². The van der Waals surface area contributed by atoms with Crippen molar-refractivity contribution in [2.45, 2.75) is 24.3 Å². The normalized spacial score (nSPS) is 15.5. The summed E-state index contributed by atoms with van der Waals surface area (Å²) < 4.78 is 28.0. The number of nitrogens with zero attached hydrogens (tertiary/aromatic N) is 3. The number of aromatic nitrogens is 2. The Hall–Kier alpha value is -2.19. The molecule has 0 atom stereocenters. The molecule has 7 nitrogen and oxygen atoms in total. The van der Waals surface area contributed by atoms with Crippen LogP contribution in [-0.2, 0) is 23.6 Å². The second-order valence-corrected chi connectivity index (χ2v) is 7.78. The molecule has 1 amide bonds. The van der Waals surface area contributed by atoms with E-state index in [0.717, 1.165) is 18.4 Å². The molecule has 1 saturated heterocycles. The van der Waals surface area contributed by atoms with Crippen LogP contribution in [0.3, 0.4) is 0 Å². The summed E-state index contributed by atoms with van der Waals surface area (Å²) >= 11 is 0. The Morgan fingerprint density at radius 3 is 2.46 bits per heavy atom. The molecule has 1 aromatic carbocycles. The monoisotopic (exact) mass is 348 g/mol. The molecule has 8 heteroatoms. The lowest BCUT2D eigenvalue weighted by Crippen LogP contribution is -2.27. The number of carbonyl (C=O) groups excluding carboxylic acids is 1. The first-order chi connectivity index (χ1) is 11.5. The van der Waals surface area contributed by atoms with E-state index in [0.29, 0.717) is 30.1 Å². The molecule has 2 aromatic rings. The Balaban J connectivity index is 1.63. The Bertz CT molecular complexity index is 821. The SMILES string of the molecule is Cn1cc(C(=O)NCc2ccc(S(=O)(=O)N3CCCC3)cc2)cn1. The summed E-state index contributed by atoms with van der Waals surface area (Å²) in [5, 5.41) is 6.74. The van der Waals surface area contributed by atoms with Crippen LogP contribution in [-0.4, -0.2) is 41.5 Å². The van der Waals surface area contributed by atoms with Crippen molar-refractivity contribution in [2.75, 3.05) is 13.1 Å². The van der Waals surface area contributed by atoms with Crippen LogP contribution >= 0.6 is 0 Å². The number of amides is 1. The van der Waals surface area contributed by atoms with Gasteiger partial charge in [0.1, 0.15) is 0 Å². The number of nitrogens with one attached hydrogen (secondary N) is 1. The largest absolute Gasteiger partial charge is 0.348 e. The summed E-state index contributed by atoms with van der Waals surface area (Å²) in [6.07, 6.45) is 4.97. The number of hydrogen-bond donors (Lipinski definition) is 1. The van der Waals surface area contributed by atoms with Crippen LogP contribution in [0.2, 0.25) is 0 Å². The van der Waals surface area contributed by atoms with Crippen LogP contribution in [0.15, 0.2) is 41.6 Å². The van der Waals surface area contributed by atoms with Crippen molar-refractivity contribution in [1.29, 1.82) is 0 Å². The minimum absolute atomic E-state index is 0.211. The Morgan fingerprint density at radius 1 is 1.21 bits per heavy atom. The van der Waals surface area contributed by atoms with Crippen LogP contribution in [0.5, 0.6) is 0 Å². The molecule has 0 spiro atoms. The Labute approximate surface area is 141 Å². The van der Waals surface area contributed by atoms with Crippen molar-refractivity contribution in [3.63, 3.8) is 0 Å². The smallest absolute Gasteiger partial charge is 0.254 e. The predicted octanol–water partition coefficient (Wildman–Crippen LogP) is 1.13. The van der Waals surface area contributed by atoms with Crippen LogP contribution in [0.25, 0.3) is 0 Å². The molecule has 0 unspecified atom stereocenters. The number of carbonyl (C=O) groups is 1. The molecule has 1 aliphatic heterocycles. The predicted molar refractivity (Wildman–Crippen MR) is 88.8 cm³/mol. The van der Waals surface area contributed by atoms with Crippen molar-refractivity contribution in [1.82, 2.24) is 19.4 Å². The molecule has 0 aliphatic carbocycles. The molecule has 1 aromatic heterocycles. The van der Waals surface area contributed by atoms with Crippen LogP contribution in [0.4, 0.5) is 0 Å². The highest BCUT2D eigenvalue weighted by molar-refractivity contribution is 7.89. The van der Waals surface area contributed by atoms with Gasteiger partial charge in [0, 0.05) is 32.9 Å². The highest BCUT2D eigenvalue weighted by Gasteiger charge is 2.26. The van der Waals surface area contributed by atoms with E-state index >= 15 is 0 Å². The van der Waals surface area contributed by atoms with Gasteiger partial charge in [-0.1, -0.05) is 12.1 Å². The summed E-state index contributed by atoms with van der Waals surface area (Å²) in [7, 11) is -1.65. The average molecular weight is 348 g/mol. The zero-order valence-electron chi connectivity index (χ0n) is 13.5. The van der Waals surface area contributed by atoms with Crippen molar-refractivity contribution in [3.8, 4) is 0 Å². The molecule has 0 bridgehead atoms. The van der Waals surface area contributed by atoms with Gasteiger partial charge in [-0.2, -0.15) is 9.40 Å². The zero-order valence-corrected chi connectivity index (χ0v) is 14.3. The molecule has 0 saturated carbocycles. The molecule has 2 heterocycles. The maximum Gasteiger partial charge on any atom is 0.254 e. The van der Waals surface area contributed by atoms with Gasteiger partial charge in [-0.05, 0) is 30.5 Å². The molecule has 128 valence electrons. The fourth-order valence-corrected chi connectivity index (χ4v) is 4.20. The summed E-state index contributed by atoms with van der Waals surface area (Å²) in [6.45, 7) is 1.51. The summed E-state index contributed by atoms with van der Waals surface area (Å²) in [4.78, 5) is 12.3. The molecule has 1 N–H and O–H groups in total. The lowest BCUT2D eigenvalue weighted by molar-refractivity contribution is 0.0951. The zero-order chi connectivity index (χ0) is 17.2. The number of sulfonamides is 1. The van der Waals surface area contributed by atoms with Gasteiger partial charge in [0.05, 0.1) is 16.7 Å². The summed E-state index contributed by atoms with van der Waals surface area (Å²) in [6, 6.07) is 6.65. The Morgan fingerprint density at radius 2 is 1.88 bits per heavy atom. The molecule has 1 aliphatic rings. The van der Waals surface area contributed by atoms with E-state index in [9.17, 15) is 13.2 Å². The van der Waals surface area contributed by atoms with Crippen molar-refractivity contribution in [2.24, 2.45) is 7.05 Å². The molecular weight excluding hydrogens is 328 g/mol. The molecule has 3 rings (SSSR count). The maximum absolute atomic E-state index is 12.4. The van der Waals surface area contributed by atoms with E-state index in [-0.39, 0.29) is 5.91 Å². The van der Waals surface area contributed by atoms with Gasteiger partial charge >= 0.3 is 0 Å². The van der Waals surface area contributed by atoms with Crippen LogP contribution in [0.1, 0.15) is 28.8 Å². The number of rotatable bonds is 5. The third-order valence-corrected chi connectivity index (χ3v) is 5.96. The summed E-state index contributed by atoms with van der Waals surface area (Å²) in [5.41, 5.74) is 1.33. The van der Waals surface area contributed by atoms with Crippen molar-refractivity contribution in [3.05, 3.63) is 47.8 Å². The molecule has 24 heavy (non-hydrogen) atoms. The fourth-order valence-electron chi connectivity index (χ4n) is 2.68. The lowest BCUT2D eigenvalue weighted by atomic mass is 10.2. The van der Waals surface area contributed by atoms with E-state index < -0.39 is 10.0 Å². The van der Waals surface area contributed by atoms with Gasteiger partial charge in [-0.15, -0.1) is 0 Å². The van der Waals surface area contributed by atoms with Gasteiger partial charge < -0.3 is 5.32 Å². The number of hydrogen-bond acceptors (Lipinski definition) is 4. The highest BCUT2D eigenvalue weighted by Crippen LogP contribution is 2.21. The molecule has 0 radical (unpaired) electrons. The topological polar surface area (TPSA) is 84.3 Å². The highest BCUT2D eigenvalue weighted by atomic mass is 32.2. The van der Waals surface area contributed by atoms with E-state index in [1.54, 1.807) is 42.2 Å². The van der Waals surface area contributed by atoms with E-state index in [2.05, 4.69) is 10.4 Å². The quantitative estimate of drug-likeness (QED) is 0.878. The standard InChI is InChI=1S/C16H20N4O3S/c1-19-12-14(11-18-19)16(21)17-10-13-4-6-15(7-5-13)24(22,23)20-8-2-3-9-20/h4-7,11-12H,2-3,8-10H2,1H3,(H,17,21). The first kappa shape index (κ1) is 16.7. The van der Waals surface area contributed by atoms with Gasteiger partial charge in [-0.25, -0.2) is 8.42 Å². The minimum Gasteiger partial charge on any atom is -0.348 e. The maximum atomic E-state index is 12.4.